The van der Waals surface area contributed by atoms with E-state index in [9.17, 15) is 4.79 Å². The number of carbonyl (C=O) groups excluding carboxylic acids is 1. The topological polar surface area (TPSA) is 55.1 Å². The lowest BCUT2D eigenvalue weighted by molar-refractivity contribution is 0.0950. The Balaban J connectivity index is 2.30. The maximum absolute atomic E-state index is 12.1. The Morgan fingerprint density at radius 1 is 1.50 bits per heavy atom. The molecule has 0 aliphatic heterocycles. The lowest BCUT2D eigenvalue weighted by Gasteiger charge is -2.19. The molecule has 1 aromatic rings. The van der Waals surface area contributed by atoms with Gasteiger partial charge in [-0.05, 0) is 29.2 Å². The molecule has 1 aromatic heterocycles. The zero-order valence-electron chi connectivity index (χ0n) is 9.96. The van der Waals surface area contributed by atoms with Gasteiger partial charge in [-0.1, -0.05) is 20.8 Å². The van der Waals surface area contributed by atoms with Gasteiger partial charge in [0.05, 0.1) is 10.6 Å². The maximum atomic E-state index is 12.1. The number of hydrogen-bond acceptors (Lipinski definition) is 3. The summed E-state index contributed by atoms with van der Waals surface area (Å²) in [5, 5.41) is 5.62. The van der Waals surface area contributed by atoms with Crippen LogP contribution in [0.15, 0.2) is 5.38 Å². The third kappa shape index (κ3) is 2.21. The van der Waals surface area contributed by atoms with Crippen LogP contribution in [0.2, 0.25) is 0 Å². The van der Waals surface area contributed by atoms with E-state index in [4.69, 9.17) is 5.73 Å². The lowest BCUT2D eigenvalue weighted by atomic mass is 9.86. The van der Waals surface area contributed by atoms with E-state index in [-0.39, 0.29) is 11.3 Å². The number of thiophene rings is 1. The summed E-state index contributed by atoms with van der Waals surface area (Å²) in [5.41, 5.74) is 7.59. The predicted molar refractivity (Wildman–Crippen MR) is 67.9 cm³/mol. The summed E-state index contributed by atoms with van der Waals surface area (Å²) in [5.74, 6) is -0.00817. The number of amides is 1. The van der Waals surface area contributed by atoms with Crippen LogP contribution < -0.4 is 11.1 Å². The Labute approximate surface area is 100 Å². The van der Waals surface area contributed by atoms with Gasteiger partial charge in [0.2, 0.25) is 0 Å². The third-order valence-corrected chi connectivity index (χ3v) is 3.58. The van der Waals surface area contributed by atoms with Crippen LogP contribution in [-0.2, 0) is 5.41 Å². The van der Waals surface area contributed by atoms with Crippen molar-refractivity contribution in [3.8, 4) is 0 Å². The largest absolute Gasteiger partial charge is 0.390 e. The Kier molecular flexibility index (Phi) is 2.70. The molecule has 0 saturated heterocycles. The van der Waals surface area contributed by atoms with Gasteiger partial charge in [-0.3, -0.25) is 4.79 Å². The van der Waals surface area contributed by atoms with E-state index in [0.29, 0.717) is 16.6 Å². The Bertz CT molecular complexity index is 413. The molecule has 0 aromatic carbocycles. The predicted octanol–water partition coefficient (Wildman–Crippen LogP) is 2.52. The lowest BCUT2D eigenvalue weighted by Crippen LogP contribution is -2.28. The zero-order valence-corrected chi connectivity index (χ0v) is 10.8. The number of nitrogens with two attached hydrogens (primary N) is 1. The average Bonchev–Trinajstić information content (AvgIpc) is 2.85. The maximum Gasteiger partial charge on any atom is 0.254 e. The molecule has 88 valence electrons. The molecule has 0 atom stereocenters. The van der Waals surface area contributed by atoms with E-state index in [1.807, 2.05) is 5.38 Å². The molecule has 1 amide bonds. The van der Waals surface area contributed by atoms with E-state index in [2.05, 4.69) is 26.1 Å². The fourth-order valence-electron chi connectivity index (χ4n) is 1.64. The zero-order chi connectivity index (χ0) is 11.9. The molecule has 1 fully saturated rings. The Morgan fingerprint density at radius 2 is 2.12 bits per heavy atom. The monoisotopic (exact) mass is 238 g/mol. The fraction of sp³-hybridized carbons (Fsp3) is 0.583. The number of nitrogen functional groups attached to an aromatic ring is 1. The molecule has 4 heteroatoms. The van der Waals surface area contributed by atoms with Crippen molar-refractivity contribution in [2.45, 2.75) is 45.1 Å². The number of anilines is 1. The average molecular weight is 238 g/mol. The molecule has 1 aliphatic rings. The summed E-state index contributed by atoms with van der Waals surface area (Å²) in [6.45, 7) is 6.30. The van der Waals surface area contributed by atoms with Gasteiger partial charge in [0.1, 0.15) is 0 Å². The van der Waals surface area contributed by atoms with Crippen molar-refractivity contribution in [1.29, 1.82) is 0 Å². The van der Waals surface area contributed by atoms with E-state index in [1.165, 1.54) is 11.3 Å². The minimum Gasteiger partial charge on any atom is -0.390 e. The van der Waals surface area contributed by atoms with E-state index < -0.39 is 0 Å². The highest BCUT2D eigenvalue weighted by Gasteiger charge is 2.29. The van der Waals surface area contributed by atoms with Crippen molar-refractivity contribution >= 4 is 22.2 Å². The minimum atomic E-state index is -0.0374. The summed E-state index contributed by atoms with van der Waals surface area (Å²) in [4.78, 5) is 12.1. The number of rotatable bonds is 2. The summed E-state index contributed by atoms with van der Waals surface area (Å²) in [6, 6.07) is 0.375. The van der Waals surface area contributed by atoms with Crippen molar-refractivity contribution in [2.24, 2.45) is 0 Å². The normalized spacial score (nSPS) is 16.2. The standard InChI is InChI=1S/C12H18N2OS/c1-12(2,3)8-6-16-10(13)9(8)11(15)14-7-4-5-7/h6-7H,4-5,13H2,1-3H3,(H,14,15). The number of hydrogen-bond donors (Lipinski definition) is 2. The van der Waals surface area contributed by atoms with E-state index in [0.717, 1.165) is 18.4 Å². The molecular formula is C12H18N2OS. The van der Waals surface area contributed by atoms with Crippen LogP contribution >= 0.6 is 11.3 Å². The molecule has 1 saturated carbocycles. The first-order valence-electron chi connectivity index (χ1n) is 5.58. The molecule has 3 N–H and O–H groups in total. The van der Waals surface area contributed by atoms with Crippen LogP contribution in [0.4, 0.5) is 5.00 Å². The molecule has 0 radical (unpaired) electrons. The van der Waals surface area contributed by atoms with Crippen molar-refractivity contribution in [3.05, 3.63) is 16.5 Å². The highest BCUT2D eigenvalue weighted by Crippen LogP contribution is 2.34. The van der Waals surface area contributed by atoms with Gasteiger partial charge in [0.15, 0.2) is 0 Å². The van der Waals surface area contributed by atoms with Gasteiger partial charge in [0.25, 0.3) is 5.91 Å². The summed E-state index contributed by atoms with van der Waals surface area (Å²) in [7, 11) is 0. The van der Waals surface area contributed by atoms with Gasteiger partial charge in [-0.25, -0.2) is 0 Å². The van der Waals surface area contributed by atoms with Crippen LogP contribution in [0.3, 0.4) is 0 Å². The van der Waals surface area contributed by atoms with Crippen molar-refractivity contribution < 1.29 is 4.79 Å². The molecule has 3 nitrogen and oxygen atoms in total. The first kappa shape index (κ1) is 11.5. The van der Waals surface area contributed by atoms with Crippen molar-refractivity contribution in [2.75, 3.05) is 5.73 Å². The first-order chi connectivity index (χ1) is 7.39. The van der Waals surface area contributed by atoms with Crippen molar-refractivity contribution in [3.63, 3.8) is 0 Å². The second-order valence-electron chi connectivity index (χ2n) is 5.39. The van der Waals surface area contributed by atoms with Gasteiger partial charge in [0, 0.05) is 6.04 Å². The van der Waals surface area contributed by atoms with Gasteiger partial charge >= 0.3 is 0 Å². The van der Waals surface area contributed by atoms with E-state index >= 15 is 0 Å². The minimum absolute atomic E-state index is 0.00817. The Hall–Kier alpha value is -1.03. The van der Waals surface area contributed by atoms with Crippen LogP contribution in [-0.4, -0.2) is 11.9 Å². The fourth-order valence-corrected chi connectivity index (χ4v) is 2.68. The molecule has 1 heterocycles. The molecule has 0 spiro atoms. The van der Waals surface area contributed by atoms with Crippen LogP contribution in [0, 0.1) is 0 Å². The van der Waals surface area contributed by atoms with Crippen LogP contribution in [0.25, 0.3) is 0 Å². The van der Waals surface area contributed by atoms with Crippen LogP contribution in [0.5, 0.6) is 0 Å². The molecule has 0 bridgehead atoms. The van der Waals surface area contributed by atoms with E-state index in [1.54, 1.807) is 0 Å². The molecule has 0 unspecified atom stereocenters. The second kappa shape index (κ2) is 3.77. The summed E-state index contributed by atoms with van der Waals surface area (Å²) >= 11 is 1.45. The Morgan fingerprint density at radius 3 is 2.62 bits per heavy atom. The van der Waals surface area contributed by atoms with Gasteiger partial charge in [-0.2, -0.15) is 0 Å². The smallest absolute Gasteiger partial charge is 0.254 e. The third-order valence-electron chi connectivity index (χ3n) is 2.77. The number of carbonyl (C=O) groups is 1. The van der Waals surface area contributed by atoms with Gasteiger partial charge < -0.3 is 11.1 Å². The summed E-state index contributed by atoms with van der Waals surface area (Å²) in [6.07, 6.45) is 2.20. The first-order valence-corrected chi connectivity index (χ1v) is 6.46. The number of nitrogens with one attached hydrogen (secondary N) is 1. The van der Waals surface area contributed by atoms with Crippen molar-refractivity contribution in [1.82, 2.24) is 5.32 Å². The molecule has 16 heavy (non-hydrogen) atoms. The SMILES string of the molecule is CC(C)(C)c1csc(N)c1C(=O)NC1CC1. The van der Waals surface area contributed by atoms with Crippen LogP contribution in [0.1, 0.15) is 49.5 Å². The highest BCUT2D eigenvalue weighted by atomic mass is 32.1. The summed E-state index contributed by atoms with van der Waals surface area (Å²) < 4.78 is 0. The quantitative estimate of drug-likeness (QED) is 0.832. The molecule has 1 aliphatic carbocycles. The highest BCUT2D eigenvalue weighted by molar-refractivity contribution is 7.14. The molecule has 2 rings (SSSR count). The second-order valence-corrected chi connectivity index (χ2v) is 6.30. The molecular weight excluding hydrogens is 220 g/mol. The van der Waals surface area contributed by atoms with Gasteiger partial charge in [-0.15, -0.1) is 11.3 Å².